The van der Waals surface area contributed by atoms with Gasteiger partial charge in [-0.3, -0.25) is 4.68 Å². The number of hydrogen-bond donors (Lipinski definition) is 2. The van der Waals surface area contributed by atoms with Crippen LogP contribution >= 0.6 is 11.6 Å². The Morgan fingerprint density at radius 2 is 2.12 bits per heavy atom. The first kappa shape index (κ1) is 17.3. The zero-order chi connectivity index (χ0) is 18.0. The summed E-state index contributed by atoms with van der Waals surface area (Å²) >= 11 is 6.25. The number of rotatable bonds is 6. The van der Waals surface area contributed by atoms with Gasteiger partial charge in [-0.1, -0.05) is 18.5 Å². The lowest BCUT2D eigenvalue weighted by atomic mass is 10.1. The molecule has 2 N–H and O–H groups in total. The summed E-state index contributed by atoms with van der Waals surface area (Å²) in [5, 5.41) is 18.5. The second-order valence-electron chi connectivity index (χ2n) is 6.06. The molecule has 130 valence electrons. The molecule has 0 saturated heterocycles. The van der Waals surface area contributed by atoms with Crippen LogP contribution < -0.4 is 5.32 Å². The van der Waals surface area contributed by atoms with Crippen LogP contribution in [0.4, 0.5) is 5.69 Å². The molecule has 2 aromatic carbocycles. The number of carboxylic acid groups (broad SMARTS) is 1. The Kier molecular flexibility index (Phi) is 4.95. The van der Waals surface area contributed by atoms with Crippen LogP contribution in [0.15, 0.2) is 36.5 Å². The summed E-state index contributed by atoms with van der Waals surface area (Å²) in [7, 11) is 0. The lowest BCUT2D eigenvalue weighted by Crippen LogP contribution is -2.09. The lowest BCUT2D eigenvalue weighted by Gasteiger charge is -2.16. The topological polar surface area (TPSA) is 67.2 Å². The highest BCUT2D eigenvalue weighted by molar-refractivity contribution is 6.30. The average Bonchev–Trinajstić information content (AvgIpc) is 2.96. The first-order valence-electron chi connectivity index (χ1n) is 8.21. The lowest BCUT2D eigenvalue weighted by molar-refractivity contribution is 0.0697. The van der Waals surface area contributed by atoms with Crippen molar-refractivity contribution in [3.63, 3.8) is 0 Å². The monoisotopic (exact) mass is 357 g/mol. The van der Waals surface area contributed by atoms with Crippen LogP contribution in [0.3, 0.4) is 0 Å². The van der Waals surface area contributed by atoms with E-state index in [-0.39, 0.29) is 5.56 Å². The largest absolute Gasteiger partial charge is 0.478 e. The molecule has 3 aromatic rings. The third-order valence-corrected chi connectivity index (χ3v) is 4.36. The molecule has 0 unspecified atom stereocenters. The van der Waals surface area contributed by atoms with Crippen molar-refractivity contribution in [1.82, 2.24) is 9.78 Å². The Balaban J connectivity index is 1.99. The highest BCUT2D eigenvalue weighted by atomic mass is 35.5. The van der Waals surface area contributed by atoms with E-state index in [1.165, 1.54) is 0 Å². The predicted molar refractivity (Wildman–Crippen MR) is 101 cm³/mol. The van der Waals surface area contributed by atoms with Gasteiger partial charge in [0, 0.05) is 22.6 Å². The number of aromatic carboxylic acids is 1. The first-order valence-corrected chi connectivity index (χ1v) is 8.59. The summed E-state index contributed by atoms with van der Waals surface area (Å²) < 4.78 is 1.86. The van der Waals surface area contributed by atoms with Gasteiger partial charge in [-0.25, -0.2) is 4.79 Å². The molecule has 6 heteroatoms. The predicted octanol–water partition coefficient (Wildman–Crippen LogP) is 4.57. The van der Waals surface area contributed by atoms with Crippen molar-refractivity contribution >= 4 is 34.2 Å². The van der Waals surface area contributed by atoms with E-state index in [0.29, 0.717) is 11.6 Å². The van der Waals surface area contributed by atoms with E-state index < -0.39 is 5.97 Å². The second-order valence-corrected chi connectivity index (χ2v) is 6.50. The van der Waals surface area contributed by atoms with Crippen LogP contribution in [0.1, 0.15) is 34.8 Å². The van der Waals surface area contributed by atoms with E-state index in [2.05, 4.69) is 17.3 Å². The number of halogens is 1. The van der Waals surface area contributed by atoms with Gasteiger partial charge in [-0.05, 0) is 54.8 Å². The molecule has 0 saturated carbocycles. The Morgan fingerprint density at radius 3 is 2.84 bits per heavy atom. The molecule has 0 aliphatic carbocycles. The van der Waals surface area contributed by atoms with Crippen LogP contribution in [0.2, 0.25) is 5.02 Å². The van der Waals surface area contributed by atoms with Gasteiger partial charge in [0.05, 0.1) is 23.8 Å². The molecular weight excluding hydrogens is 338 g/mol. The molecule has 0 bridgehead atoms. The van der Waals surface area contributed by atoms with Crippen LogP contribution in [0.25, 0.3) is 10.9 Å². The van der Waals surface area contributed by atoms with Crippen molar-refractivity contribution in [2.45, 2.75) is 26.8 Å². The summed E-state index contributed by atoms with van der Waals surface area (Å²) in [5.41, 5.74) is 4.39. The number of carbonyl (C=O) groups is 1. The summed E-state index contributed by atoms with van der Waals surface area (Å²) in [5.74, 6) is -0.939. The van der Waals surface area contributed by atoms with E-state index in [4.69, 9.17) is 16.7 Å². The Hall–Kier alpha value is -2.53. The minimum Gasteiger partial charge on any atom is -0.478 e. The highest BCUT2D eigenvalue weighted by Crippen LogP contribution is 2.27. The van der Waals surface area contributed by atoms with Crippen molar-refractivity contribution in [1.29, 1.82) is 0 Å². The SMILES string of the molecule is CCCNc1c(C)cc(Cl)cc1Cn1ncc2cc(C(=O)O)ccc21. The van der Waals surface area contributed by atoms with Gasteiger partial charge in [0.2, 0.25) is 0 Å². The zero-order valence-electron chi connectivity index (χ0n) is 14.2. The average molecular weight is 358 g/mol. The Bertz CT molecular complexity index is 934. The molecule has 5 nitrogen and oxygen atoms in total. The maximum absolute atomic E-state index is 11.1. The number of aromatic nitrogens is 2. The van der Waals surface area contributed by atoms with Gasteiger partial charge in [0.25, 0.3) is 0 Å². The molecule has 1 heterocycles. The number of benzene rings is 2. The molecule has 3 rings (SSSR count). The molecule has 0 aliphatic heterocycles. The zero-order valence-corrected chi connectivity index (χ0v) is 15.0. The number of nitrogens with one attached hydrogen (secondary N) is 1. The van der Waals surface area contributed by atoms with Gasteiger partial charge in [0.1, 0.15) is 0 Å². The maximum atomic E-state index is 11.1. The van der Waals surface area contributed by atoms with E-state index in [1.807, 2.05) is 23.7 Å². The van der Waals surface area contributed by atoms with Crippen molar-refractivity contribution in [3.8, 4) is 0 Å². The molecule has 0 radical (unpaired) electrons. The van der Waals surface area contributed by atoms with E-state index in [1.54, 1.807) is 24.4 Å². The maximum Gasteiger partial charge on any atom is 0.335 e. The normalized spacial score (nSPS) is 11.0. The van der Waals surface area contributed by atoms with E-state index in [0.717, 1.165) is 40.7 Å². The molecule has 0 aliphatic rings. The minimum atomic E-state index is -0.939. The molecule has 0 amide bonds. The number of anilines is 1. The Labute approximate surface area is 151 Å². The van der Waals surface area contributed by atoms with Crippen molar-refractivity contribution in [2.75, 3.05) is 11.9 Å². The number of hydrogen-bond acceptors (Lipinski definition) is 3. The molecule has 0 fully saturated rings. The fourth-order valence-corrected chi connectivity index (χ4v) is 3.24. The third-order valence-electron chi connectivity index (χ3n) is 4.14. The quantitative estimate of drug-likeness (QED) is 0.678. The molecule has 1 aromatic heterocycles. The molecular formula is C19H20ClN3O2. The third kappa shape index (κ3) is 3.61. The van der Waals surface area contributed by atoms with Crippen molar-refractivity contribution in [3.05, 3.63) is 58.2 Å². The van der Waals surface area contributed by atoms with Crippen LogP contribution in [0, 0.1) is 6.92 Å². The standard InChI is InChI=1S/C19H20ClN3O2/c1-3-6-21-18-12(2)7-16(20)9-15(18)11-23-17-5-4-13(19(24)25)8-14(17)10-22-23/h4-5,7-10,21H,3,6,11H2,1-2H3,(H,24,25). The van der Waals surface area contributed by atoms with Crippen LogP contribution in [0.5, 0.6) is 0 Å². The number of carboxylic acids is 1. The number of nitrogens with zero attached hydrogens (tertiary/aromatic N) is 2. The van der Waals surface area contributed by atoms with Gasteiger partial charge in [-0.2, -0.15) is 5.10 Å². The second kappa shape index (κ2) is 7.15. The van der Waals surface area contributed by atoms with Gasteiger partial charge < -0.3 is 10.4 Å². The smallest absolute Gasteiger partial charge is 0.335 e. The van der Waals surface area contributed by atoms with E-state index in [9.17, 15) is 4.79 Å². The highest BCUT2D eigenvalue weighted by Gasteiger charge is 2.12. The molecule has 25 heavy (non-hydrogen) atoms. The number of aryl methyl sites for hydroxylation is 1. The molecule has 0 spiro atoms. The number of fused-ring (bicyclic) bond motifs is 1. The van der Waals surface area contributed by atoms with Gasteiger partial charge in [0.15, 0.2) is 0 Å². The molecule has 0 atom stereocenters. The van der Waals surface area contributed by atoms with Crippen LogP contribution in [-0.2, 0) is 6.54 Å². The van der Waals surface area contributed by atoms with Gasteiger partial charge in [-0.15, -0.1) is 0 Å². The fourth-order valence-electron chi connectivity index (χ4n) is 2.95. The summed E-state index contributed by atoms with van der Waals surface area (Å²) in [4.78, 5) is 11.1. The minimum absolute atomic E-state index is 0.260. The van der Waals surface area contributed by atoms with Crippen molar-refractivity contribution in [2.24, 2.45) is 0 Å². The summed E-state index contributed by atoms with van der Waals surface area (Å²) in [6, 6.07) is 8.93. The van der Waals surface area contributed by atoms with Crippen LogP contribution in [-0.4, -0.2) is 27.4 Å². The van der Waals surface area contributed by atoms with E-state index >= 15 is 0 Å². The first-order chi connectivity index (χ1) is 12.0. The summed E-state index contributed by atoms with van der Waals surface area (Å²) in [6.07, 6.45) is 2.72. The Morgan fingerprint density at radius 1 is 1.32 bits per heavy atom. The fraction of sp³-hybridized carbons (Fsp3) is 0.263. The summed E-state index contributed by atoms with van der Waals surface area (Å²) in [6.45, 7) is 5.60. The van der Waals surface area contributed by atoms with Gasteiger partial charge >= 0.3 is 5.97 Å². The van der Waals surface area contributed by atoms with Crippen molar-refractivity contribution < 1.29 is 9.90 Å².